The Labute approximate surface area is 143 Å². The van der Waals surface area contributed by atoms with Gasteiger partial charge in [0, 0.05) is 39.3 Å². The van der Waals surface area contributed by atoms with Gasteiger partial charge in [-0.25, -0.2) is 4.98 Å². The van der Waals surface area contributed by atoms with E-state index in [9.17, 15) is 4.79 Å². The first-order valence-corrected chi connectivity index (χ1v) is 8.80. The Kier molecular flexibility index (Phi) is 5.31. The van der Waals surface area contributed by atoms with E-state index in [0.29, 0.717) is 12.2 Å². The van der Waals surface area contributed by atoms with E-state index < -0.39 is 0 Å². The number of aromatic nitrogens is 1. The lowest BCUT2D eigenvalue weighted by Crippen LogP contribution is -2.40. The zero-order chi connectivity index (χ0) is 16.9. The summed E-state index contributed by atoms with van der Waals surface area (Å²) >= 11 is 0. The lowest BCUT2D eigenvalue weighted by Gasteiger charge is -2.25. The molecular weight excluding hydrogens is 302 g/mol. The van der Waals surface area contributed by atoms with Gasteiger partial charge >= 0.3 is 0 Å². The Bertz CT molecular complexity index is 633. The number of amides is 1. The van der Waals surface area contributed by atoms with Gasteiger partial charge in [-0.05, 0) is 37.8 Å². The third-order valence-electron chi connectivity index (χ3n) is 4.89. The molecule has 1 aromatic heterocycles. The fourth-order valence-corrected chi connectivity index (χ4v) is 3.50. The second kappa shape index (κ2) is 7.63. The number of likely N-dealkylation sites (tertiary alicyclic amines) is 1. The highest BCUT2D eigenvalue weighted by Gasteiger charge is 2.23. The Balaban J connectivity index is 1.61. The van der Waals surface area contributed by atoms with Gasteiger partial charge in [0.15, 0.2) is 0 Å². The molecule has 0 aliphatic carbocycles. The molecule has 6 nitrogen and oxygen atoms in total. The number of carbonyl (C=O) groups is 1. The Morgan fingerprint density at radius 2 is 1.92 bits per heavy atom. The van der Waals surface area contributed by atoms with E-state index >= 15 is 0 Å². The predicted molar refractivity (Wildman–Crippen MR) is 92.8 cm³/mol. The molecule has 3 heterocycles. The zero-order valence-electron chi connectivity index (χ0n) is 14.4. The van der Waals surface area contributed by atoms with Crippen LogP contribution in [0.5, 0.6) is 0 Å². The lowest BCUT2D eigenvalue weighted by atomic mass is 10.2. The molecule has 0 bridgehead atoms. The highest BCUT2D eigenvalue weighted by atomic mass is 16.2. The van der Waals surface area contributed by atoms with Crippen molar-refractivity contribution < 1.29 is 4.79 Å². The topological polar surface area (TPSA) is 63.5 Å². The molecule has 2 aliphatic rings. The zero-order valence-corrected chi connectivity index (χ0v) is 14.4. The average Bonchev–Trinajstić information content (AvgIpc) is 3.04. The largest absolute Gasteiger partial charge is 0.355 e. The second-order valence-corrected chi connectivity index (χ2v) is 6.65. The summed E-state index contributed by atoms with van der Waals surface area (Å²) in [4.78, 5) is 23.3. The van der Waals surface area contributed by atoms with Gasteiger partial charge in [0.05, 0.1) is 6.54 Å². The lowest BCUT2D eigenvalue weighted by molar-refractivity contribution is -0.131. The van der Waals surface area contributed by atoms with Gasteiger partial charge in [0.2, 0.25) is 5.91 Å². The van der Waals surface area contributed by atoms with Gasteiger partial charge in [-0.2, -0.15) is 5.26 Å². The van der Waals surface area contributed by atoms with Crippen LogP contribution in [0.15, 0.2) is 12.1 Å². The van der Waals surface area contributed by atoms with Crippen LogP contribution in [0.2, 0.25) is 0 Å². The summed E-state index contributed by atoms with van der Waals surface area (Å²) in [6.45, 7) is 7.95. The molecule has 1 aromatic rings. The van der Waals surface area contributed by atoms with Gasteiger partial charge in [0.1, 0.15) is 17.6 Å². The molecule has 3 rings (SSSR count). The highest BCUT2D eigenvalue weighted by molar-refractivity contribution is 5.78. The van der Waals surface area contributed by atoms with E-state index in [1.54, 1.807) is 6.07 Å². The first-order chi connectivity index (χ1) is 11.7. The van der Waals surface area contributed by atoms with Gasteiger partial charge in [-0.1, -0.05) is 6.07 Å². The van der Waals surface area contributed by atoms with Crippen molar-refractivity contribution in [2.75, 3.05) is 50.7 Å². The van der Waals surface area contributed by atoms with Crippen molar-refractivity contribution in [3.05, 3.63) is 23.4 Å². The van der Waals surface area contributed by atoms with Crippen molar-refractivity contribution >= 4 is 11.7 Å². The number of carbonyl (C=O) groups excluding carboxylic acids is 1. The smallest absolute Gasteiger partial charge is 0.236 e. The summed E-state index contributed by atoms with van der Waals surface area (Å²) < 4.78 is 0. The van der Waals surface area contributed by atoms with Crippen molar-refractivity contribution in [3.63, 3.8) is 0 Å². The van der Waals surface area contributed by atoms with Crippen LogP contribution in [0.1, 0.15) is 30.5 Å². The fraction of sp³-hybridized carbons (Fsp3) is 0.611. The van der Waals surface area contributed by atoms with Crippen LogP contribution in [-0.2, 0) is 4.79 Å². The van der Waals surface area contributed by atoms with Crippen LogP contribution in [0.25, 0.3) is 0 Å². The summed E-state index contributed by atoms with van der Waals surface area (Å²) in [5, 5.41) is 9.07. The number of rotatable bonds is 3. The summed E-state index contributed by atoms with van der Waals surface area (Å²) in [6.07, 6.45) is 3.28. The average molecular weight is 327 g/mol. The van der Waals surface area contributed by atoms with Gasteiger partial charge < -0.3 is 9.80 Å². The maximum absolute atomic E-state index is 12.3. The molecular formula is C18H25N5O. The van der Waals surface area contributed by atoms with Crippen molar-refractivity contribution in [2.45, 2.75) is 26.2 Å². The third-order valence-corrected chi connectivity index (χ3v) is 4.89. The van der Waals surface area contributed by atoms with Gasteiger partial charge in [0.25, 0.3) is 0 Å². The number of aryl methyl sites for hydroxylation is 1. The molecule has 0 saturated carbocycles. The number of nitrogens with zero attached hydrogens (tertiary/aromatic N) is 5. The molecule has 2 fully saturated rings. The quantitative estimate of drug-likeness (QED) is 0.840. The normalized spacial score (nSPS) is 19.2. The van der Waals surface area contributed by atoms with Crippen LogP contribution >= 0.6 is 0 Å². The molecule has 0 unspecified atom stereocenters. The summed E-state index contributed by atoms with van der Waals surface area (Å²) in [6, 6.07) is 5.84. The van der Waals surface area contributed by atoms with Crippen LogP contribution in [0.4, 0.5) is 5.82 Å². The number of hydrogen-bond donors (Lipinski definition) is 0. The van der Waals surface area contributed by atoms with Crippen molar-refractivity contribution in [1.82, 2.24) is 14.8 Å². The summed E-state index contributed by atoms with van der Waals surface area (Å²) in [7, 11) is 0. The third kappa shape index (κ3) is 3.85. The van der Waals surface area contributed by atoms with Gasteiger partial charge in [-0.3, -0.25) is 9.69 Å². The van der Waals surface area contributed by atoms with Crippen LogP contribution in [-0.4, -0.2) is 66.5 Å². The number of pyridine rings is 1. The molecule has 2 saturated heterocycles. The second-order valence-electron chi connectivity index (χ2n) is 6.65. The van der Waals surface area contributed by atoms with Crippen molar-refractivity contribution in [3.8, 4) is 6.07 Å². The molecule has 0 radical (unpaired) electrons. The minimum Gasteiger partial charge on any atom is -0.355 e. The number of hydrogen-bond acceptors (Lipinski definition) is 5. The first kappa shape index (κ1) is 16.7. The molecule has 24 heavy (non-hydrogen) atoms. The minimum atomic E-state index is 0.265. The van der Waals surface area contributed by atoms with Crippen LogP contribution in [0, 0.1) is 18.3 Å². The Morgan fingerprint density at radius 1 is 1.12 bits per heavy atom. The summed E-state index contributed by atoms with van der Waals surface area (Å²) in [5.41, 5.74) is 1.55. The summed E-state index contributed by atoms with van der Waals surface area (Å²) in [5.74, 6) is 1.17. The molecule has 6 heteroatoms. The first-order valence-electron chi connectivity index (χ1n) is 8.80. The van der Waals surface area contributed by atoms with Crippen molar-refractivity contribution in [1.29, 1.82) is 5.26 Å². The van der Waals surface area contributed by atoms with E-state index in [1.165, 1.54) is 0 Å². The van der Waals surface area contributed by atoms with E-state index in [2.05, 4.69) is 20.9 Å². The molecule has 1 amide bonds. The van der Waals surface area contributed by atoms with Crippen LogP contribution < -0.4 is 4.90 Å². The minimum absolute atomic E-state index is 0.265. The number of anilines is 1. The maximum atomic E-state index is 12.3. The fourth-order valence-electron chi connectivity index (χ4n) is 3.50. The standard InChI is InChI=1S/C18H25N5O/c1-15-5-6-16(13-19)20-18(15)23-10-4-7-21(11-12-23)14-17(24)22-8-2-3-9-22/h5-6H,2-4,7-12,14H2,1H3. The SMILES string of the molecule is Cc1ccc(C#N)nc1N1CCCN(CC(=O)N2CCCC2)CC1. The Hall–Kier alpha value is -2.13. The highest BCUT2D eigenvalue weighted by Crippen LogP contribution is 2.19. The maximum Gasteiger partial charge on any atom is 0.236 e. The molecule has 0 atom stereocenters. The van der Waals surface area contributed by atoms with E-state index in [1.807, 2.05) is 17.9 Å². The Morgan fingerprint density at radius 3 is 2.67 bits per heavy atom. The predicted octanol–water partition coefficient (Wildman–Crippen LogP) is 1.40. The molecule has 0 spiro atoms. The molecule has 0 N–H and O–H groups in total. The van der Waals surface area contributed by atoms with Crippen molar-refractivity contribution in [2.24, 2.45) is 0 Å². The number of nitriles is 1. The van der Waals surface area contributed by atoms with Crippen LogP contribution in [0.3, 0.4) is 0 Å². The molecule has 2 aliphatic heterocycles. The van der Waals surface area contributed by atoms with E-state index in [-0.39, 0.29) is 5.91 Å². The van der Waals surface area contributed by atoms with E-state index in [4.69, 9.17) is 5.26 Å². The van der Waals surface area contributed by atoms with Gasteiger partial charge in [-0.15, -0.1) is 0 Å². The van der Waals surface area contributed by atoms with E-state index in [0.717, 1.165) is 69.9 Å². The monoisotopic (exact) mass is 327 g/mol. The molecule has 128 valence electrons. The molecule has 0 aromatic carbocycles.